The molecule has 0 atom stereocenters. The molecule has 2 nitrogen and oxygen atoms in total. The van der Waals surface area contributed by atoms with E-state index in [1.807, 2.05) is 25.1 Å². The van der Waals surface area contributed by atoms with Gasteiger partial charge < -0.3 is 4.42 Å². The lowest BCUT2D eigenvalue weighted by Crippen LogP contribution is -2.02. The standard InChI is InChI=1S/C15H16O2/c1-3-5-12-6-4-7-13(10-12)15(16)14-8-9-17-11(14)2/h4,6-10H,3,5H2,1-2H3. The lowest BCUT2D eigenvalue weighted by molar-refractivity contribution is 0.103. The van der Waals surface area contributed by atoms with Gasteiger partial charge in [-0.2, -0.15) is 0 Å². The number of benzene rings is 1. The first-order chi connectivity index (χ1) is 8.22. The maximum Gasteiger partial charge on any atom is 0.196 e. The van der Waals surface area contributed by atoms with Gasteiger partial charge in [-0.1, -0.05) is 31.5 Å². The highest BCUT2D eigenvalue weighted by Crippen LogP contribution is 2.16. The number of rotatable bonds is 4. The minimum absolute atomic E-state index is 0.0363. The van der Waals surface area contributed by atoms with E-state index in [1.165, 1.54) is 5.56 Å². The Bertz CT molecular complexity index is 523. The molecule has 0 aliphatic heterocycles. The van der Waals surface area contributed by atoms with Crippen LogP contribution in [-0.4, -0.2) is 5.78 Å². The summed E-state index contributed by atoms with van der Waals surface area (Å²) in [5.41, 5.74) is 2.60. The lowest BCUT2D eigenvalue weighted by Gasteiger charge is -2.03. The van der Waals surface area contributed by atoms with Crippen molar-refractivity contribution in [2.24, 2.45) is 0 Å². The van der Waals surface area contributed by atoms with Gasteiger partial charge in [0.2, 0.25) is 0 Å². The molecule has 1 aromatic carbocycles. The molecule has 1 heterocycles. The fourth-order valence-corrected chi connectivity index (χ4v) is 1.93. The first kappa shape index (κ1) is 11.6. The molecule has 0 amide bonds. The summed E-state index contributed by atoms with van der Waals surface area (Å²) in [5, 5.41) is 0. The summed E-state index contributed by atoms with van der Waals surface area (Å²) in [6.45, 7) is 3.94. The predicted octanol–water partition coefficient (Wildman–Crippen LogP) is 3.77. The highest BCUT2D eigenvalue weighted by atomic mass is 16.3. The minimum Gasteiger partial charge on any atom is -0.469 e. The van der Waals surface area contributed by atoms with Gasteiger partial charge in [0.05, 0.1) is 11.8 Å². The molecule has 0 bridgehead atoms. The summed E-state index contributed by atoms with van der Waals surface area (Å²) in [6, 6.07) is 9.55. The number of carbonyl (C=O) groups excluding carboxylic acids is 1. The minimum atomic E-state index is 0.0363. The first-order valence-electron chi connectivity index (χ1n) is 5.90. The molecule has 0 saturated heterocycles. The van der Waals surface area contributed by atoms with E-state index in [0.29, 0.717) is 11.3 Å². The van der Waals surface area contributed by atoms with Crippen LogP contribution in [0, 0.1) is 6.92 Å². The van der Waals surface area contributed by atoms with E-state index < -0.39 is 0 Å². The summed E-state index contributed by atoms with van der Waals surface area (Å²) in [7, 11) is 0. The predicted molar refractivity (Wildman–Crippen MR) is 67.3 cm³/mol. The normalized spacial score (nSPS) is 10.5. The second kappa shape index (κ2) is 5.00. The van der Waals surface area contributed by atoms with E-state index in [-0.39, 0.29) is 5.78 Å². The molecule has 0 N–H and O–H groups in total. The number of furan rings is 1. The third-order valence-electron chi connectivity index (χ3n) is 2.83. The molecule has 0 aliphatic carbocycles. The molecule has 0 fully saturated rings. The van der Waals surface area contributed by atoms with Crippen LogP contribution in [-0.2, 0) is 6.42 Å². The van der Waals surface area contributed by atoms with Crippen LogP contribution < -0.4 is 0 Å². The molecular formula is C15H16O2. The lowest BCUT2D eigenvalue weighted by atomic mass is 10.0. The number of carbonyl (C=O) groups is 1. The molecule has 2 aromatic rings. The number of ketones is 1. The van der Waals surface area contributed by atoms with Gasteiger partial charge in [0.1, 0.15) is 5.76 Å². The van der Waals surface area contributed by atoms with E-state index in [1.54, 1.807) is 12.3 Å². The van der Waals surface area contributed by atoms with Crippen molar-refractivity contribution in [1.82, 2.24) is 0 Å². The Labute approximate surface area is 101 Å². The second-order valence-electron chi connectivity index (χ2n) is 4.17. The number of hydrogen-bond donors (Lipinski definition) is 0. The van der Waals surface area contributed by atoms with Crippen molar-refractivity contribution in [2.45, 2.75) is 26.7 Å². The molecule has 2 rings (SSSR count). The van der Waals surface area contributed by atoms with Crippen LogP contribution in [0.5, 0.6) is 0 Å². The van der Waals surface area contributed by atoms with Gasteiger partial charge in [0, 0.05) is 5.56 Å². The van der Waals surface area contributed by atoms with Crippen LogP contribution in [0.4, 0.5) is 0 Å². The fourth-order valence-electron chi connectivity index (χ4n) is 1.93. The van der Waals surface area contributed by atoms with Gasteiger partial charge in [-0.25, -0.2) is 0 Å². The third-order valence-corrected chi connectivity index (χ3v) is 2.83. The molecule has 0 radical (unpaired) electrons. The van der Waals surface area contributed by atoms with Gasteiger partial charge in [0.15, 0.2) is 5.78 Å². The average Bonchev–Trinajstić information content (AvgIpc) is 2.75. The molecule has 0 aliphatic rings. The molecule has 88 valence electrons. The Morgan fingerprint density at radius 1 is 1.29 bits per heavy atom. The largest absolute Gasteiger partial charge is 0.469 e. The van der Waals surface area contributed by atoms with E-state index in [4.69, 9.17) is 4.42 Å². The van der Waals surface area contributed by atoms with E-state index in [9.17, 15) is 4.79 Å². The zero-order valence-corrected chi connectivity index (χ0v) is 10.2. The van der Waals surface area contributed by atoms with Crippen LogP contribution in [0.25, 0.3) is 0 Å². The van der Waals surface area contributed by atoms with E-state index in [2.05, 4.69) is 13.0 Å². The summed E-state index contributed by atoms with van der Waals surface area (Å²) in [6.07, 6.45) is 3.65. The molecule has 17 heavy (non-hydrogen) atoms. The SMILES string of the molecule is CCCc1cccc(C(=O)c2ccoc2C)c1. The van der Waals surface area contributed by atoms with Crippen molar-refractivity contribution in [3.8, 4) is 0 Å². The van der Waals surface area contributed by atoms with Crippen LogP contribution >= 0.6 is 0 Å². The second-order valence-corrected chi connectivity index (χ2v) is 4.17. The van der Waals surface area contributed by atoms with Crippen molar-refractivity contribution in [3.63, 3.8) is 0 Å². The van der Waals surface area contributed by atoms with Gasteiger partial charge >= 0.3 is 0 Å². The van der Waals surface area contributed by atoms with Crippen LogP contribution in [0.3, 0.4) is 0 Å². The highest BCUT2D eigenvalue weighted by molar-refractivity contribution is 6.09. The van der Waals surface area contributed by atoms with E-state index in [0.717, 1.165) is 18.4 Å². The maximum absolute atomic E-state index is 12.2. The van der Waals surface area contributed by atoms with Crippen LogP contribution in [0.1, 0.15) is 40.6 Å². The van der Waals surface area contributed by atoms with Crippen molar-refractivity contribution in [3.05, 3.63) is 59.0 Å². The molecule has 1 aromatic heterocycles. The summed E-state index contributed by atoms with van der Waals surface area (Å²) >= 11 is 0. The quantitative estimate of drug-likeness (QED) is 0.745. The average molecular weight is 228 g/mol. The molecule has 2 heteroatoms. The van der Waals surface area contributed by atoms with Gasteiger partial charge in [-0.05, 0) is 31.0 Å². The van der Waals surface area contributed by atoms with Gasteiger partial charge in [-0.3, -0.25) is 4.79 Å². The molecule has 0 unspecified atom stereocenters. The van der Waals surface area contributed by atoms with Crippen LogP contribution in [0.15, 0.2) is 41.0 Å². The molecule has 0 spiro atoms. The van der Waals surface area contributed by atoms with Gasteiger partial charge in [-0.15, -0.1) is 0 Å². The Hall–Kier alpha value is -1.83. The van der Waals surface area contributed by atoms with Crippen LogP contribution in [0.2, 0.25) is 0 Å². The van der Waals surface area contributed by atoms with Crippen molar-refractivity contribution in [2.75, 3.05) is 0 Å². The fraction of sp³-hybridized carbons (Fsp3) is 0.267. The van der Waals surface area contributed by atoms with Crippen molar-refractivity contribution < 1.29 is 9.21 Å². The summed E-state index contributed by atoms with van der Waals surface area (Å²) < 4.78 is 5.16. The summed E-state index contributed by atoms with van der Waals surface area (Å²) in [5.74, 6) is 0.713. The maximum atomic E-state index is 12.2. The third kappa shape index (κ3) is 2.47. The Morgan fingerprint density at radius 2 is 2.12 bits per heavy atom. The number of hydrogen-bond acceptors (Lipinski definition) is 2. The smallest absolute Gasteiger partial charge is 0.196 e. The monoisotopic (exact) mass is 228 g/mol. The van der Waals surface area contributed by atoms with E-state index >= 15 is 0 Å². The molecule has 0 saturated carbocycles. The highest BCUT2D eigenvalue weighted by Gasteiger charge is 2.13. The Balaban J connectivity index is 2.31. The number of aryl methyl sites for hydroxylation is 2. The molecular weight excluding hydrogens is 212 g/mol. The summed E-state index contributed by atoms with van der Waals surface area (Å²) in [4.78, 5) is 12.2. The topological polar surface area (TPSA) is 30.2 Å². The first-order valence-corrected chi connectivity index (χ1v) is 5.90. The zero-order chi connectivity index (χ0) is 12.3. The zero-order valence-electron chi connectivity index (χ0n) is 10.2. The van der Waals surface area contributed by atoms with Crippen molar-refractivity contribution >= 4 is 5.78 Å². The van der Waals surface area contributed by atoms with Crippen molar-refractivity contribution in [1.29, 1.82) is 0 Å². The Morgan fingerprint density at radius 3 is 2.76 bits per heavy atom. The van der Waals surface area contributed by atoms with Gasteiger partial charge in [0.25, 0.3) is 0 Å². The Kier molecular flexibility index (Phi) is 3.43.